The summed E-state index contributed by atoms with van der Waals surface area (Å²) in [5.41, 5.74) is 1.33. The van der Waals surface area contributed by atoms with Gasteiger partial charge in [-0.2, -0.15) is 0 Å². The average Bonchev–Trinajstić information content (AvgIpc) is 2.75. The van der Waals surface area contributed by atoms with Gasteiger partial charge in [-0.15, -0.1) is 0 Å². The molecule has 0 radical (unpaired) electrons. The molecule has 8 nitrogen and oxygen atoms in total. The predicted molar refractivity (Wildman–Crippen MR) is 66.1 cm³/mol. The highest BCUT2D eigenvalue weighted by molar-refractivity contribution is 5.92. The van der Waals surface area contributed by atoms with Crippen molar-refractivity contribution < 1.29 is 19.2 Å². The van der Waals surface area contributed by atoms with Crippen LogP contribution in [0.1, 0.15) is 38.0 Å². The lowest BCUT2D eigenvalue weighted by Crippen LogP contribution is -2.24. The van der Waals surface area contributed by atoms with Crippen molar-refractivity contribution >= 4 is 11.9 Å². The van der Waals surface area contributed by atoms with Gasteiger partial charge in [-0.25, -0.2) is 14.8 Å². The number of rotatable bonds is 4. The number of carbonyl (C=O) groups is 2. The van der Waals surface area contributed by atoms with Gasteiger partial charge in [-0.3, -0.25) is 4.79 Å². The summed E-state index contributed by atoms with van der Waals surface area (Å²) in [5.74, 6) is -1.01. The van der Waals surface area contributed by atoms with Gasteiger partial charge >= 0.3 is 5.97 Å². The second-order valence-electron chi connectivity index (χ2n) is 4.08. The van der Waals surface area contributed by atoms with Gasteiger partial charge < -0.3 is 14.9 Å². The maximum Gasteiger partial charge on any atom is 0.356 e. The van der Waals surface area contributed by atoms with Gasteiger partial charge in [0.1, 0.15) is 11.5 Å². The summed E-state index contributed by atoms with van der Waals surface area (Å²) in [6.45, 7) is 3.78. The summed E-state index contributed by atoms with van der Waals surface area (Å²) >= 11 is 0. The Hall–Kier alpha value is -2.77. The van der Waals surface area contributed by atoms with Crippen molar-refractivity contribution in [2.75, 3.05) is 0 Å². The zero-order valence-corrected chi connectivity index (χ0v) is 10.9. The number of hydrogen-bond acceptors (Lipinski definition) is 6. The number of nitrogens with zero attached hydrogens (tertiary/aromatic N) is 3. The third kappa shape index (κ3) is 2.79. The topological polar surface area (TPSA) is 118 Å². The van der Waals surface area contributed by atoms with E-state index in [0.29, 0.717) is 11.5 Å². The standard InChI is InChI=1S/C12H12N4O4/c1-6-8(7(2)20-16-6)3-15-11(17)9-4-14-10(5-13-9)12(18)19/h4-5H,3H2,1-2H3,(H,15,17)(H,18,19). The summed E-state index contributed by atoms with van der Waals surface area (Å²) in [4.78, 5) is 29.8. The Bertz CT molecular complexity index is 628. The molecule has 0 aromatic carbocycles. The van der Waals surface area contributed by atoms with Gasteiger partial charge in [0.15, 0.2) is 5.69 Å². The molecule has 8 heteroatoms. The maximum absolute atomic E-state index is 11.8. The third-order valence-electron chi connectivity index (χ3n) is 2.71. The van der Waals surface area contributed by atoms with Crippen LogP contribution >= 0.6 is 0 Å². The highest BCUT2D eigenvalue weighted by atomic mass is 16.5. The number of hydrogen-bond donors (Lipinski definition) is 2. The summed E-state index contributed by atoms with van der Waals surface area (Å²) in [6.07, 6.45) is 2.15. The minimum absolute atomic E-state index is 0.0433. The van der Waals surface area contributed by atoms with Crippen LogP contribution in [0.3, 0.4) is 0 Å². The Balaban J connectivity index is 2.03. The van der Waals surface area contributed by atoms with Crippen LogP contribution in [0.4, 0.5) is 0 Å². The fourth-order valence-corrected chi connectivity index (χ4v) is 1.57. The SMILES string of the molecule is Cc1noc(C)c1CNC(=O)c1cnc(C(=O)O)cn1. The first-order chi connectivity index (χ1) is 9.49. The summed E-state index contributed by atoms with van der Waals surface area (Å²) < 4.78 is 4.98. The second-order valence-corrected chi connectivity index (χ2v) is 4.08. The van der Waals surface area contributed by atoms with Crippen LogP contribution in [0.5, 0.6) is 0 Å². The highest BCUT2D eigenvalue weighted by Crippen LogP contribution is 2.11. The van der Waals surface area contributed by atoms with Crippen LogP contribution < -0.4 is 5.32 Å². The molecule has 104 valence electrons. The van der Waals surface area contributed by atoms with Crippen LogP contribution in [-0.2, 0) is 6.54 Å². The Morgan fingerprint density at radius 1 is 1.25 bits per heavy atom. The number of amides is 1. The largest absolute Gasteiger partial charge is 0.476 e. The van der Waals surface area contributed by atoms with Gasteiger partial charge in [-0.1, -0.05) is 5.16 Å². The minimum atomic E-state index is -1.19. The van der Waals surface area contributed by atoms with Crippen molar-refractivity contribution in [1.29, 1.82) is 0 Å². The van der Waals surface area contributed by atoms with Gasteiger partial charge in [0, 0.05) is 12.1 Å². The van der Waals surface area contributed by atoms with Crippen LogP contribution in [0, 0.1) is 13.8 Å². The molecule has 0 aliphatic rings. The second kappa shape index (κ2) is 5.47. The zero-order valence-electron chi connectivity index (χ0n) is 10.9. The molecule has 0 aliphatic carbocycles. The Morgan fingerprint density at radius 2 is 1.90 bits per heavy atom. The number of nitrogens with one attached hydrogen (secondary N) is 1. The monoisotopic (exact) mass is 276 g/mol. The van der Waals surface area contributed by atoms with Gasteiger partial charge in [-0.05, 0) is 13.8 Å². The normalized spacial score (nSPS) is 10.3. The highest BCUT2D eigenvalue weighted by Gasteiger charge is 2.13. The number of aryl methyl sites for hydroxylation is 2. The molecule has 0 saturated carbocycles. The molecule has 0 atom stereocenters. The Morgan fingerprint density at radius 3 is 2.40 bits per heavy atom. The molecule has 20 heavy (non-hydrogen) atoms. The van der Waals surface area contributed by atoms with Crippen molar-refractivity contribution in [3.8, 4) is 0 Å². The molecule has 2 aromatic rings. The smallest absolute Gasteiger partial charge is 0.356 e. The van der Waals surface area contributed by atoms with Crippen molar-refractivity contribution in [3.05, 3.63) is 40.8 Å². The Labute approximate surface area is 113 Å². The van der Waals surface area contributed by atoms with E-state index in [0.717, 1.165) is 18.0 Å². The van der Waals surface area contributed by atoms with E-state index in [-0.39, 0.29) is 17.9 Å². The maximum atomic E-state index is 11.8. The molecule has 2 aromatic heterocycles. The average molecular weight is 276 g/mol. The lowest BCUT2D eigenvalue weighted by molar-refractivity contribution is 0.0689. The number of carboxylic acid groups (broad SMARTS) is 1. The summed E-state index contributed by atoms with van der Waals surface area (Å²) in [6, 6.07) is 0. The van der Waals surface area contributed by atoms with E-state index in [4.69, 9.17) is 9.63 Å². The minimum Gasteiger partial charge on any atom is -0.476 e. The number of carboxylic acids is 1. The van der Waals surface area contributed by atoms with Crippen LogP contribution in [-0.4, -0.2) is 32.1 Å². The van der Waals surface area contributed by atoms with E-state index in [9.17, 15) is 9.59 Å². The first-order valence-corrected chi connectivity index (χ1v) is 5.74. The summed E-state index contributed by atoms with van der Waals surface area (Å²) in [5, 5.41) is 15.1. The molecule has 0 bridgehead atoms. The first-order valence-electron chi connectivity index (χ1n) is 5.74. The van der Waals surface area contributed by atoms with E-state index < -0.39 is 11.9 Å². The molecule has 2 rings (SSSR count). The van der Waals surface area contributed by atoms with Crippen molar-refractivity contribution in [3.63, 3.8) is 0 Å². The number of aromatic nitrogens is 3. The number of carbonyl (C=O) groups excluding carboxylic acids is 1. The van der Waals surface area contributed by atoms with E-state index in [2.05, 4.69) is 20.4 Å². The molecule has 1 amide bonds. The molecule has 0 saturated heterocycles. The molecule has 0 unspecified atom stereocenters. The van der Waals surface area contributed by atoms with E-state index in [1.807, 2.05) is 0 Å². The lowest BCUT2D eigenvalue weighted by Gasteiger charge is -2.04. The van der Waals surface area contributed by atoms with E-state index >= 15 is 0 Å². The zero-order chi connectivity index (χ0) is 14.7. The molecule has 0 fully saturated rings. The van der Waals surface area contributed by atoms with Crippen molar-refractivity contribution in [2.24, 2.45) is 0 Å². The van der Waals surface area contributed by atoms with Crippen LogP contribution in [0.25, 0.3) is 0 Å². The molecule has 2 heterocycles. The van der Waals surface area contributed by atoms with Gasteiger partial charge in [0.2, 0.25) is 0 Å². The molecule has 0 aliphatic heterocycles. The molecule has 0 spiro atoms. The third-order valence-corrected chi connectivity index (χ3v) is 2.71. The van der Waals surface area contributed by atoms with E-state index in [1.54, 1.807) is 13.8 Å². The molecule has 2 N–H and O–H groups in total. The Kier molecular flexibility index (Phi) is 3.74. The molecular formula is C12H12N4O4. The van der Waals surface area contributed by atoms with Crippen LogP contribution in [0.15, 0.2) is 16.9 Å². The number of aromatic carboxylic acids is 1. The van der Waals surface area contributed by atoms with Gasteiger partial charge in [0.25, 0.3) is 5.91 Å². The molecular weight excluding hydrogens is 264 g/mol. The van der Waals surface area contributed by atoms with E-state index in [1.165, 1.54) is 0 Å². The fourth-order valence-electron chi connectivity index (χ4n) is 1.57. The summed E-state index contributed by atoms with van der Waals surface area (Å²) in [7, 11) is 0. The van der Waals surface area contributed by atoms with Gasteiger partial charge in [0.05, 0.1) is 18.1 Å². The first kappa shape index (κ1) is 13.7. The van der Waals surface area contributed by atoms with Crippen molar-refractivity contribution in [1.82, 2.24) is 20.4 Å². The quantitative estimate of drug-likeness (QED) is 0.844. The lowest BCUT2D eigenvalue weighted by atomic mass is 10.2. The predicted octanol–water partition coefficient (Wildman–Crippen LogP) is 0.710. The van der Waals surface area contributed by atoms with Crippen molar-refractivity contribution in [2.45, 2.75) is 20.4 Å². The van der Waals surface area contributed by atoms with Crippen LogP contribution in [0.2, 0.25) is 0 Å². The fraction of sp³-hybridized carbons (Fsp3) is 0.250.